The van der Waals surface area contributed by atoms with Crippen LogP contribution in [0.4, 0.5) is 10.5 Å². The second kappa shape index (κ2) is 3.72. The van der Waals surface area contributed by atoms with E-state index in [0.29, 0.717) is 13.0 Å². The number of imide groups is 1. The van der Waals surface area contributed by atoms with Crippen LogP contribution in [0, 0.1) is 0 Å². The molecule has 6 nitrogen and oxygen atoms in total. The quantitative estimate of drug-likeness (QED) is 0.762. The van der Waals surface area contributed by atoms with Gasteiger partial charge in [0.1, 0.15) is 0 Å². The molecule has 0 atom stereocenters. The van der Waals surface area contributed by atoms with Gasteiger partial charge in [0.2, 0.25) is 5.91 Å². The molecule has 0 unspecified atom stereocenters. The summed E-state index contributed by atoms with van der Waals surface area (Å²) in [4.78, 5) is 23.9. The predicted molar refractivity (Wildman–Crippen MR) is 53.4 cm³/mol. The molecule has 80 valence electrons. The molecule has 1 fully saturated rings. The number of aromatic nitrogens is 2. The molecule has 15 heavy (non-hydrogen) atoms. The summed E-state index contributed by atoms with van der Waals surface area (Å²) < 4.78 is 1.74. The molecule has 1 aliphatic rings. The van der Waals surface area contributed by atoms with Crippen molar-refractivity contribution in [1.82, 2.24) is 15.1 Å². The fourth-order valence-corrected chi connectivity index (χ4v) is 1.48. The van der Waals surface area contributed by atoms with E-state index in [1.54, 1.807) is 17.1 Å². The first kappa shape index (κ1) is 9.70. The minimum atomic E-state index is -0.373. The lowest BCUT2D eigenvalue weighted by atomic mass is 10.3. The van der Waals surface area contributed by atoms with Gasteiger partial charge in [-0.05, 0) is 6.92 Å². The normalized spacial score (nSPS) is 16.7. The van der Waals surface area contributed by atoms with Crippen LogP contribution in [0.5, 0.6) is 0 Å². The number of carbonyl (C=O) groups excluding carboxylic acids is 2. The van der Waals surface area contributed by atoms with Gasteiger partial charge in [-0.1, -0.05) is 0 Å². The molecule has 6 heteroatoms. The first-order chi connectivity index (χ1) is 7.20. The van der Waals surface area contributed by atoms with Crippen molar-refractivity contribution in [2.75, 3.05) is 11.4 Å². The first-order valence-corrected chi connectivity index (χ1v) is 4.84. The minimum absolute atomic E-state index is 0.223. The van der Waals surface area contributed by atoms with Crippen molar-refractivity contribution in [2.24, 2.45) is 0 Å². The van der Waals surface area contributed by atoms with Crippen molar-refractivity contribution < 1.29 is 9.59 Å². The Labute approximate surface area is 86.9 Å². The Hall–Kier alpha value is -1.85. The summed E-state index contributed by atoms with van der Waals surface area (Å²) in [5, 5.41) is 6.34. The fourth-order valence-electron chi connectivity index (χ4n) is 1.48. The summed E-state index contributed by atoms with van der Waals surface area (Å²) in [6, 6.07) is -0.373. The zero-order valence-corrected chi connectivity index (χ0v) is 8.43. The number of rotatable bonds is 2. The third kappa shape index (κ3) is 1.83. The summed E-state index contributed by atoms with van der Waals surface area (Å²) in [5.41, 5.74) is 0.724. The molecule has 0 aliphatic carbocycles. The average molecular weight is 208 g/mol. The molecule has 2 rings (SSSR count). The van der Waals surface area contributed by atoms with Gasteiger partial charge in [0.25, 0.3) is 0 Å². The molecule has 1 aromatic rings. The summed E-state index contributed by atoms with van der Waals surface area (Å²) in [6.07, 6.45) is 3.75. The Morgan fingerprint density at radius 1 is 1.53 bits per heavy atom. The Bertz CT molecular complexity index is 399. The highest BCUT2D eigenvalue weighted by atomic mass is 16.2. The number of anilines is 1. The van der Waals surface area contributed by atoms with Crippen molar-refractivity contribution in [3.63, 3.8) is 0 Å². The number of hydrogen-bond donors (Lipinski definition) is 1. The second-order valence-corrected chi connectivity index (χ2v) is 3.31. The van der Waals surface area contributed by atoms with E-state index in [2.05, 4.69) is 10.4 Å². The number of amides is 3. The maximum Gasteiger partial charge on any atom is 0.328 e. The van der Waals surface area contributed by atoms with Crippen LogP contribution in [0.25, 0.3) is 0 Å². The van der Waals surface area contributed by atoms with Crippen molar-refractivity contribution in [2.45, 2.75) is 19.9 Å². The number of nitrogens with zero attached hydrogens (tertiary/aromatic N) is 3. The van der Waals surface area contributed by atoms with Crippen LogP contribution in [0.3, 0.4) is 0 Å². The van der Waals surface area contributed by atoms with Crippen molar-refractivity contribution in [1.29, 1.82) is 0 Å². The lowest BCUT2D eigenvalue weighted by molar-refractivity contribution is -0.120. The molecular weight excluding hydrogens is 196 g/mol. The van der Waals surface area contributed by atoms with E-state index in [4.69, 9.17) is 0 Å². The lowest BCUT2D eigenvalue weighted by Gasteiger charge is -2.24. The Morgan fingerprint density at radius 3 is 2.93 bits per heavy atom. The van der Waals surface area contributed by atoms with Crippen LogP contribution in [0.1, 0.15) is 13.3 Å². The van der Waals surface area contributed by atoms with Crippen LogP contribution in [0.15, 0.2) is 12.4 Å². The van der Waals surface area contributed by atoms with E-state index in [1.165, 1.54) is 4.90 Å². The van der Waals surface area contributed by atoms with Crippen molar-refractivity contribution >= 4 is 17.6 Å². The first-order valence-electron chi connectivity index (χ1n) is 4.84. The molecule has 1 saturated heterocycles. The molecule has 1 aromatic heterocycles. The lowest BCUT2D eigenvalue weighted by Crippen LogP contribution is -2.49. The predicted octanol–water partition coefficient (Wildman–Crippen LogP) is 0.349. The van der Waals surface area contributed by atoms with Gasteiger partial charge in [0, 0.05) is 25.7 Å². The molecule has 0 aromatic carbocycles. The van der Waals surface area contributed by atoms with Crippen LogP contribution in [-0.4, -0.2) is 28.3 Å². The van der Waals surface area contributed by atoms with Crippen LogP contribution in [-0.2, 0) is 11.3 Å². The maximum absolute atomic E-state index is 11.5. The Balaban J connectivity index is 2.16. The molecule has 3 amide bonds. The number of aryl methyl sites for hydroxylation is 1. The topological polar surface area (TPSA) is 67.2 Å². The van der Waals surface area contributed by atoms with E-state index < -0.39 is 0 Å². The molecule has 0 bridgehead atoms. The zero-order chi connectivity index (χ0) is 10.8. The number of carbonyl (C=O) groups is 2. The summed E-state index contributed by atoms with van der Waals surface area (Å²) in [6.45, 7) is 3.14. The zero-order valence-electron chi connectivity index (χ0n) is 8.43. The van der Waals surface area contributed by atoms with Gasteiger partial charge in [-0.2, -0.15) is 5.10 Å². The second-order valence-electron chi connectivity index (χ2n) is 3.31. The monoisotopic (exact) mass is 208 g/mol. The van der Waals surface area contributed by atoms with Gasteiger partial charge < -0.3 is 0 Å². The van der Waals surface area contributed by atoms with E-state index in [1.807, 2.05) is 6.92 Å². The van der Waals surface area contributed by atoms with Gasteiger partial charge in [-0.15, -0.1) is 0 Å². The summed E-state index contributed by atoms with van der Waals surface area (Å²) in [7, 11) is 0. The third-order valence-electron chi connectivity index (χ3n) is 2.31. The highest BCUT2D eigenvalue weighted by Crippen LogP contribution is 2.15. The molecule has 1 aliphatic heterocycles. The van der Waals surface area contributed by atoms with E-state index >= 15 is 0 Å². The van der Waals surface area contributed by atoms with Crippen molar-refractivity contribution in [3.05, 3.63) is 12.4 Å². The smallest absolute Gasteiger partial charge is 0.290 e. The minimum Gasteiger partial charge on any atom is -0.290 e. The molecule has 1 N–H and O–H groups in total. The van der Waals surface area contributed by atoms with Crippen LogP contribution in [0.2, 0.25) is 0 Å². The van der Waals surface area contributed by atoms with Crippen molar-refractivity contribution in [3.8, 4) is 0 Å². The van der Waals surface area contributed by atoms with E-state index in [0.717, 1.165) is 12.2 Å². The maximum atomic E-state index is 11.5. The summed E-state index contributed by atoms with van der Waals surface area (Å²) >= 11 is 0. The largest absolute Gasteiger partial charge is 0.328 e. The highest BCUT2D eigenvalue weighted by molar-refractivity contribution is 6.05. The number of nitrogens with one attached hydrogen (secondary N) is 1. The molecule has 0 spiro atoms. The Kier molecular flexibility index (Phi) is 2.40. The molecule has 2 heterocycles. The Morgan fingerprint density at radius 2 is 2.33 bits per heavy atom. The standard InChI is InChI=1S/C9H12N4O2/c1-2-12-6-7(5-10-12)13-4-3-8(14)11-9(13)15/h5-6H,2-4H2,1H3,(H,11,14,15). The third-order valence-corrected chi connectivity index (χ3v) is 2.31. The number of hydrogen-bond acceptors (Lipinski definition) is 3. The highest BCUT2D eigenvalue weighted by Gasteiger charge is 2.24. The molecular formula is C9H12N4O2. The van der Waals surface area contributed by atoms with Gasteiger partial charge in [-0.3, -0.25) is 19.7 Å². The van der Waals surface area contributed by atoms with Gasteiger partial charge in [0.15, 0.2) is 0 Å². The SMILES string of the molecule is CCn1cc(N2CCC(=O)NC2=O)cn1. The fraction of sp³-hybridized carbons (Fsp3) is 0.444. The molecule has 0 saturated carbocycles. The number of urea groups is 1. The van der Waals surface area contributed by atoms with Crippen LogP contribution >= 0.6 is 0 Å². The van der Waals surface area contributed by atoms with Gasteiger partial charge >= 0.3 is 6.03 Å². The molecule has 0 radical (unpaired) electrons. The van der Waals surface area contributed by atoms with Gasteiger partial charge in [0.05, 0.1) is 11.9 Å². The van der Waals surface area contributed by atoms with E-state index in [-0.39, 0.29) is 11.9 Å². The van der Waals surface area contributed by atoms with Gasteiger partial charge in [-0.25, -0.2) is 4.79 Å². The van der Waals surface area contributed by atoms with Crippen LogP contribution < -0.4 is 10.2 Å². The average Bonchev–Trinajstić information content (AvgIpc) is 2.66. The van der Waals surface area contributed by atoms with E-state index in [9.17, 15) is 9.59 Å². The summed E-state index contributed by atoms with van der Waals surface area (Å²) in [5.74, 6) is -0.223.